The van der Waals surface area contributed by atoms with Crippen LogP contribution in [-0.4, -0.2) is 12.7 Å². The maximum Gasteiger partial charge on any atom is 0.0850 e. The molecule has 2 rings (SSSR count). The van der Waals surface area contributed by atoms with Crippen LogP contribution in [0.3, 0.4) is 0 Å². The highest BCUT2D eigenvalue weighted by atomic mass is 79.9. The molecule has 0 radical (unpaired) electrons. The van der Waals surface area contributed by atoms with Gasteiger partial charge in [0.05, 0.1) is 12.7 Å². The van der Waals surface area contributed by atoms with Crippen molar-refractivity contribution in [3.63, 3.8) is 0 Å². The van der Waals surface area contributed by atoms with Crippen molar-refractivity contribution in [3.8, 4) is 0 Å². The van der Waals surface area contributed by atoms with Crippen molar-refractivity contribution < 1.29 is 4.74 Å². The molecule has 0 saturated carbocycles. The molecule has 0 amide bonds. The summed E-state index contributed by atoms with van der Waals surface area (Å²) in [6.45, 7) is 3.03. The van der Waals surface area contributed by atoms with Crippen molar-refractivity contribution in [2.75, 3.05) is 6.61 Å². The fraction of sp³-hybridized carbons (Fsp3) is 0.400. The molecule has 0 N–H and O–H groups in total. The highest BCUT2D eigenvalue weighted by Gasteiger charge is 2.23. The molecule has 0 bridgehead atoms. The minimum absolute atomic E-state index is 0.476. The summed E-state index contributed by atoms with van der Waals surface area (Å²) in [4.78, 5) is 0. The van der Waals surface area contributed by atoms with Crippen LogP contribution >= 0.6 is 15.9 Å². The lowest BCUT2D eigenvalue weighted by atomic mass is 10.1. The molecule has 64 valence electrons. The second-order valence-corrected chi connectivity index (χ2v) is 4.11. The van der Waals surface area contributed by atoms with Crippen molar-refractivity contribution in [2.45, 2.75) is 19.4 Å². The van der Waals surface area contributed by atoms with Crippen LogP contribution in [0.1, 0.15) is 11.1 Å². The summed E-state index contributed by atoms with van der Waals surface area (Å²) in [5, 5.41) is 0. The topological polar surface area (TPSA) is 12.5 Å². The first-order valence-corrected chi connectivity index (χ1v) is 4.91. The lowest BCUT2D eigenvalue weighted by Crippen LogP contribution is -1.94. The zero-order valence-electron chi connectivity index (χ0n) is 7.01. The standard InChI is InChI=1S/C10H11BrO/c1-7-2-3-8(10(11)4-7)5-9-6-12-9/h2-4,9H,5-6H2,1H3. The molecule has 1 atom stereocenters. The van der Waals surface area contributed by atoms with E-state index in [1.54, 1.807) is 0 Å². The van der Waals surface area contributed by atoms with E-state index in [4.69, 9.17) is 4.74 Å². The third-order valence-corrected chi connectivity index (χ3v) is 2.80. The molecule has 1 aromatic carbocycles. The molecule has 2 heteroatoms. The Balaban J connectivity index is 2.18. The summed E-state index contributed by atoms with van der Waals surface area (Å²) in [5.41, 5.74) is 2.64. The molecule has 1 saturated heterocycles. The van der Waals surface area contributed by atoms with Gasteiger partial charge >= 0.3 is 0 Å². The number of ether oxygens (including phenoxy) is 1. The van der Waals surface area contributed by atoms with E-state index in [0.29, 0.717) is 6.10 Å². The molecule has 1 aliphatic heterocycles. The number of halogens is 1. The van der Waals surface area contributed by atoms with E-state index in [1.165, 1.54) is 15.6 Å². The predicted octanol–water partition coefficient (Wildman–Crippen LogP) is 2.70. The maximum absolute atomic E-state index is 5.18. The molecular formula is C10H11BrO. The van der Waals surface area contributed by atoms with Gasteiger partial charge in [-0.1, -0.05) is 28.1 Å². The van der Waals surface area contributed by atoms with Crippen LogP contribution in [0.15, 0.2) is 22.7 Å². The fourth-order valence-electron chi connectivity index (χ4n) is 1.25. The second-order valence-electron chi connectivity index (χ2n) is 3.25. The van der Waals surface area contributed by atoms with E-state index in [1.807, 2.05) is 0 Å². The first-order valence-electron chi connectivity index (χ1n) is 4.12. The van der Waals surface area contributed by atoms with Gasteiger partial charge in [0.1, 0.15) is 0 Å². The summed E-state index contributed by atoms with van der Waals surface area (Å²) < 4.78 is 6.38. The predicted molar refractivity (Wildman–Crippen MR) is 52.3 cm³/mol. The number of hydrogen-bond donors (Lipinski definition) is 0. The van der Waals surface area contributed by atoms with Crippen LogP contribution in [0, 0.1) is 6.92 Å². The first kappa shape index (κ1) is 8.27. The molecule has 0 spiro atoms. The van der Waals surface area contributed by atoms with Gasteiger partial charge in [0.2, 0.25) is 0 Å². The minimum atomic E-state index is 0.476. The number of hydrogen-bond acceptors (Lipinski definition) is 1. The first-order chi connectivity index (χ1) is 5.75. The summed E-state index contributed by atoms with van der Waals surface area (Å²) in [7, 11) is 0. The Labute approximate surface area is 80.9 Å². The van der Waals surface area contributed by atoms with E-state index in [9.17, 15) is 0 Å². The number of aryl methyl sites for hydroxylation is 1. The summed E-state index contributed by atoms with van der Waals surface area (Å²) >= 11 is 3.55. The van der Waals surface area contributed by atoms with E-state index in [2.05, 4.69) is 41.1 Å². The molecule has 1 heterocycles. The lowest BCUT2D eigenvalue weighted by molar-refractivity contribution is 0.407. The number of benzene rings is 1. The maximum atomic E-state index is 5.18. The van der Waals surface area contributed by atoms with Crippen LogP contribution in [0.2, 0.25) is 0 Å². The van der Waals surface area contributed by atoms with Gasteiger partial charge in [0, 0.05) is 10.9 Å². The molecule has 1 unspecified atom stereocenters. The monoisotopic (exact) mass is 226 g/mol. The van der Waals surface area contributed by atoms with Crippen molar-refractivity contribution in [2.24, 2.45) is 0 Å². The van der Waals surface area contributed by atoms with Crippen molar-refractivity contribution in [1.82, 2.24) is 0 Å². The van der Waals surface area contributed by atoms with Crippen LogP contribution in [0.25, 0.3) is 0 Å². The van der Waals surface area contributed by atoms with Gasteiger partial charge in [-0.15, -0.1) is 0 Å². The van der Waals surface area contributed by atoms with Crippen LogP contribution < -0.4 is 0 Å². The molecular weight excluding hydrogens is 216 g/mol. The fourth-order valence-corrected chi connectivity index (χ4v) is 1.90. The van der Waals surface area contributed by atoms with E-state index >= 15 is 0 Å². The van der Waals surface area contributed by atoms with E-state index in [-0.39, 0.29) is 0 Å². The third kappa shape index (κ3) is 1.87. The molecule has 1 aliphatic rings. The van der Waals surface area contributed by atoms with Crippen molar-refractivity contribution >= 4 is 15.9 Å². The molecule has 0 aromatic heterocycles. The molecule has 1 nitrogen and oxygen atoms in total. The van der Waals surface area contributed by atoms with Gasteiger partial charge in [0.15, 0.2) is 0 Å². The second kappa shape index (κ2) is 3.19. The number of rotatable bonds is 2. The van der Waals surface area contributed by atoms with Gasteiger partial charge in [-0.2, -0.15) is 0 Å². The zero-order valence-corrected chi connectivity index (χ0v) is 8.60. The van der Waals surface area contributed by atoms with E-state index < -0.39 is 0 Å². The average Bonchev–Trinajstić information content (AvgIpc) is 2.79. The Morgan fingerprint density at radius 2 is 2.33 bits per heavy atom. The third-order valence-electron chi connectivity index (χ3n) is 2.06. The Morgan fingerprint density at radius 1 is 1.58 bits per heavy atom. The van der Waals surface area contributed by atoms with Crippen molar-refractivity contribution in [1.29, 1.82) is 0 Å². The smallest absolute Gasteiger partial charge is 0.0850 e. The average molecular weight is 227 g/mol. The number of epoxide rings is 1. The largest absolute Gasteiger partial charge is 0.373 e. The highest BCUT2D eigenvalue weighted by Crippen LogP contribution is 2.23. The Morgan fingerprint density at radius 3 is 2.92 bits per heavy atom. The van der Waals surface area contributed by atoms with Gasteiger partial charge in [-0.05, 0) is 24.1 Å². The summed E-state index contributed by atoms with van der Waals surface area (Å²) in [5.74, 6) is 0. The van der Waals surface area contributed by atoms with Gasteiger partial charge in [-0.25, -0.2) is 0 Å². The molecule has 1 fully saturated rings. The van der Waals surface area contributed by atoms with Gasteiger partial charge in [-0.3, -0.25) is 0 Å². The molecule has 1 aromatic rings. The molecule has 0 aliphatic carbocycles. The van der Waals surface area contributed by atoms with Crippen LogP contribution in [0.4, 0.5) is 0 Å². The Hall–Kier alpha value is -0.340. The van der Waals surface area contributed by atoms with Crippen LogP contribution in [0.5, 0.6) is 0 Å². The zero-order chi connectivity index (χ0) is 8.55. The van der Waals surface area contributed by atoms with Crippen LogP contribution in [-0.2, 0) is 11.2 Å². The minimum Gasteiger partial charge on any atom is -0.373 e. The Bertz CT molecular complexity index is 292. The lowest BCUT2D eigenvalue weighted by Gasteiger charge is -2.02. The SMILES string of the molecule is Cc1ccc(CC2CO2)c(Br)c1. The Kier molecular flexibility index (Phi) is 2.20. The highest BCUT2D eigenvalue weighted by molar-refractivity contribution is 9.10. The van der Waals surface area contributed by atoms with Gasteiger partial charge in [0.25, 0.3) is 0 Å². The van der Waals surface area contributed by atoms with Gasteiger partial charge < -0.3 is 4.74 Å². The summed E-state index contributed by atoms with van der Waals surface area (Å²) in [6.07, 6.45) is 1.52. The quantitative estimate of drug-likeness (QED) is 0.707. The normalized spacial score (nSPS) is 21.0. The van der Waals surface area contributed by atoms with Crippen molar-refractivity contribution in [3.05, 3.63) is 33.8 Å². The molecule has 12 heavy (non-hydrogen) atoms. The summed E-state index contributed by atoms with van der Waals surface area (Å²) in [6, 6.07) is 6.46. The van der Waals surface area contributed by atoms with E-state index in [0.717, 1.165) is 13.0 Å².